The van der Waals surface area contributed by atoms with Crippen molar-refractivity contribution in [1.82, 2.24) is 9.62 Å². The molecule has 0 bridgehead atoms. The maximum atomic E-state index is 12.5. The van der Waals surface area contributed by atoms with Gasteiger partial charge in [0.1, 0.15) is 0 Å². The lowest BCUT2D eigenvalue weighted by molar-refractivity contribution is 0.0633. The van der Waals surface area contributed by atoms with Crippen LogP contribution in [0.15, 0.2) is 17.0 Å². The number of rotatable bonds is 6. The van der Waals surface area contributed by atoms with Crippen LogP contribution < -0.4 is 4.72 Å². The monoisotopic (exact) mass is 328 g/mol. The molecule has 1 amide bonds. The van der Waals surface area contributed by atoms with Crippen LogP contribution in [0.2, 0.25) is 0 Å². The molecule has 0 heterocycles. The number of carbonyl (C=O) groups is 1. The highest BCUT2D eigenvalue weighted by Crippen LogP contribution is 2.22. The predicted octanol–water partition coefficient (Wildman–Crippen LogP) is 1.32. The fourth-order valence-corrected chi connectivity index (χ4v) is 3.16. The number of hydrogen-bond donors (Lipinski definition) is 1. The Morgan fingerprint density at radius 1 is 1.36 bits per heavy atom. The van der Waals surface area contributed by atoms with Crippen LogP contribution in [0, 0.1) is 13.8 Å². The predicted molar refractivity (Wildman–Crippen MR) is 85.6 cm³/mol. The molecular weight excluding hydrogens is 304 g/mol. The van der Waals surface area contributed by atoms with Crippen LogP contribution in [0.5, 0.6) is 0 Å². The summed E-state index contributed by atoms with van der Waals surface area (Å²) in [5.41, 5.74) is 1.74. The van der Waals surface area contributed by atoms with Gasteiger partial charge in [0.2, 0.25) is 10.0 Å². The van der Waals surface area contributed by atoms with Gasteiger partial charge in [-0.05, 0) is 51.1 Å². The number of amides is 1. The van der Waals surface area contributed by atoms with Crippen LogP contribution in [0.3, 0.4) is 0 Å². The van der Waals surface area contributed by atoms with E-state index in [1.165, 1.54) is 13.1 Å². The Morgan fingerprint density at radius 3 is 2.45 bits per heavy atom. The molecule has 22 heavy (non-hydrogen) atoms. The minimum Gasteiger partial charge on any atom is -0.383 e. The number of hydrogen-bond acceptors (Lipinski definition) is 4. The van der Waals surface area contributed by atoms with Crippen molar-refractivity contribution in [1.29, 1.82) is 0 Å². The number of nitrogens with zero attached hydrogens (tertiary/aromatic N) is 1. The highest BCUT2D eigenvalue weighted by atomic mass is 32.2. The first kappa shape index (κ1) is 18.6. The molecule has 0 radical (unpaired) electrons. The van der Waals surface area contributed by atoms with Crippen LogP contribution in [-0.4, -0.2) is 53.1 Å². The first-order chi connectivity index (χ1) is 10.2. The average Bonchev–Trinajstić information content (AvgIpc) is 2.48. The van der Waals surface area contributed by atoms with E-state index in [9.17, 15) is 13.2 Å². The Bertz CT molecular complexity index is 656. The highest BCUT2D eigenvalue weighted by Gasteiger charge is 2.22. The van der Waals surface area contributed by atoms with Crippen molar-refractivity contribution in [3.05, 3.63) is 28.8 Å². The summed E-state index contributed by atoms with van der Waals surface area (Å²) in [6.45, 7) is 5.80. The number of nitrogens with one attached hydrogen (secondary N) is 1. The normalized spacial score (nSPS) is 13.0. The zero-order valence-electron chi connectivity index (χ0n) is 13.9. The first-order valence-electron chi connectivity index (χ1n) is 6.96. The van der Waals surface area contributed by atoms with Crippen molar-refractivity contribution in [3.8, 4) is 0 Å². The van der Waals surface area contributed by atoms with Gasteiger partial charge < -0.3 is 9.64 Å². The number of carbonyl (C=O) groups excluding carboxylic acids is 1. The topological polar surface area (TPSA) is 75.7 Å². The number of ether oxygens (including phenoxy) is 1. The molecule has 0 aliphatic rings. The Morgan fingerprint density at radius 2 is 1.95 bits per heavy atom. The maximum absolute atomic E-state index is 12.5. The van der Waals surface area contributed by atoms with Gasteiger partial charge in [0.15, 0.2) is 0 Å². The van der Waals surface area contributed by atoms with Crippen molar-refractivity contribution in [2.45, 2.75) is 31.7 Å². The van der Waals surface area contributed by atoms with Crippen molar-refractivity contribution >= 4 is 15.9 Å². The molecule has 0 fully saturated rings. The van der Waals surface area contributed by atoms with Crippen molar-refractivity contribution in [2.75, 3.05) is 27.8 Å². The third kappa shape index (κ3) is 3.85. The van der Waals surface area contributed by atoms with Gasteiger partial charge in [-0.3, -0.25) is 4.79 Å². The minimum absolute atomic E-state index is 0.108. The Hall–Kier alpha value is -1.44. The Kier molecular flexibility index (Phi) is 6.10. The molecule has 0 aliphatic carbocycles. The lowest BCUT2D eigenvalue weighted by Gasteiger charge is -2.25. The van der Waals surface area contributed by atoms with E-state index in [-0.39, 0.29) is 16.8 Å². The number of aryl methyl sites for hydroxylation is 1. The van der Waals surface area contributed by atoms with Gasteiger partial charge in [0.05, 0.1) is 17.5 Å². The van der Waals surface area contributed by atoms with Crippen LogP contribution in [0.25, 0.3) is 0 Å². The molecule has 1 atom stereocenters. The molecule has 7 heteroatoms. The van der Waals surface area contributed by atoms with E-state index in [0.717, 1.165) is 5.56 Å². The van der Waals surface area contributed by atoms with Crippen LogP contribution in [-0.2, 0) is 14.8 Å². The van der Waals surface area contributed by atoms with E-state index in [1.54, 1.807) is 39.0 Å². The summed E-state index contributed by atoms with van der Waals surface area (Å²) in [4.78, 5) is 14.2. The largest absolute Gasteiger partial charge is 0.383 e. The van der Waals surface area contributed by atoms with Crippen molar-refractivity contribution < 1.29 is 17.9 Å². The van der Waals surface area contributed by atoms with Gasteiger partial charge in [-0.25, -0.2) is 13.1 Å². The van der Waals surface area contributed by atoms with E-state index >= 15 is 0 Å². The third-order valence-electron chi connectivity index (χ3n) is 3.81. The molecule has 1 rings (SSSR count). The molecule has 0 aromatic heterocycles. The van der Waals surface area contributed by atoms with Gasteiger partial charge >= 0.3 is 0 Å². The summed E-state index contributed by atoms with van der Waals surface area (Å²) < 4.78 is 31.5. The van der Waals surface area contributed by atoms with Crippen LogP contribution in [0.4, 0.5) is 0 Å². The minimum atomic E-state index is -3.61. The molecule has 6 nitrogen and oxygen atoms in total. The summed E-state index contributed by atoms with van der Waals surface area (Å²) in [7, 11) is 0.990. The second kappa shape index (κ2) is 7.21. The van der Waals surface area contributed by atoms with E-state index in [1.807, 2.05) is 6.92 Å². The molecular formula is C15H24N2O4S. The molecule has 0 saturated carbocycles. The Labute approximate surface area is 132 Å². The van der Waals surface area contributed by atoms with E-state index in [2.05, 4.69) is 4.72 Å². The molecule has 1 aromatic carbocycles. The second-order valence-corrected chi connectivity index (χ2v) is 7.20. The number of likely N-dealkylation sites (N-methyl/N-ethyl adjacent to an activating group) is 1. The smallest absolute Gasteiger partial charge is 0.253 e. The van der Waals surface area contributed by atoms with Crippen LogP contribution >= 0.6 is 0 Å². The summed E-state index contributed by atoms with van der Waals surface area (Å²) in [5, 5.41) is 0. The standard InChI is InChI=1S/C15H24N2O4S/c1-10-7-13(15(18)17(5)11(2)9-21-6)8-14(12(10)3)22(19,20)16-4/h7-8,11,16H,9H2,1-6H3/t11-/m0/s1. The Balaban J connectivity index is 3.30. The van der Waals surface area contributed by atoms with Crippen molar-refractivity contribution in [3.63, 3.8) is 0 Å². The molecule has 0 spiro atoms. The van der Waals surface area contributed by atoms with Gasteiger partial charge in [-0.15, -0.1) is 0 Å². The fourth-order valence-electron chi connectivity index (χ4n) is 2.10. The van der Waals surface area contributed by atoms with Gasteiger partial charge in [-0.1, -0.05) is 0 Å². The number of sulfonamides is 1. The molecule has 0 saturated heterocycles. The highest BCUT2D eigenvalue weighted by molar-refractivity contribution is 7.89. The molecule has 1 N–H and O–H groups in total. The fraction of sp³-hybridized carbons (Fsp3) is 0.533. The lowest BCUT2D eigenvalue weighted by Crippen LogP contribution is -2.38. The molecule has 124 valence electrons. The summed E-state index contributed by atoms with van der Waals surface area (Å²) in [6.07, 6.45) is 0. The molecule has 0 unspecified atom stereocenters. The quantitative estimate of drug-likeness (QED) is 0.854. The third-order valence-corrected chi connectivity index (χ3v) is 5.35. The molecule has 0 aliphatic heterocycles. The van der Waals surface area contributed by atoms with Crippen LogP contribution in [0.1, 0.15) is 28.4 Å². The second-order valence-electron chi connectivity index (χ2n) is 5.34. The summed E-state index contributed by atoms with van der Waals surface area (Å²) in [6, 6.07) is 3.03. The average molecular weight is 328 g/mol. The summed E-state index contributed by atoms with van der Waals surface area (Å²) >= 11 is 0. The maximum Gasteiger partial charge on any atom is 0.253 e. The zero-order valence-corrected chi connectivity index (χ0v) is 14.7. The first-order valence-corrected chi connectivity index (χ1v) is 8.45. The van der Waals surface area contributed by atoms with E-state index < -0.39 is 10.0 Å². The number of methoxy groups -OCH3 is 1. The molecule has 1 aromatic rings. The van der Waals surface area contributed by atoms with Gasteiger partial charge in [-0.2, -0.15) is 0 Å². The van der Waals surface area contributed by atoms with E-state index in [4.69, 9.17) is 4.74 Å². The van der Waals surface area contributed by atoms with E-state index in [0.29, 0.717) is 17.7 Å². The lowest BCUT2D eigenvalue weighted by atomic mass is 10.0. The zero-order chi connectivity index (χ0) is 17.1. The van der Waals surface area contributed by atoms with Crippen molar-refractivity contribution in [2.24, 2.45) is 0 Å². The van der Waals surface area contributed by atoms with Gasteiger partial charge in [0.25, 0.3) is 5.91 Å². The summed E-state index contributed by atoms with van der Waals surface area (Å²) in [5.74, 6) is -0.236. The van der Waals surface area contributed by atoms with Gasteiger partial charge in [0, 0.05) is 19.7 Å². The SMILES string of the molecule is CNS(=O)(=O)c1cc(C(=O)N(C)[C@@H](C)COC)cc(C)c1C. The number of benzene rings is 1.